The molecule has 21 heavy (non-hydrogen) atoms. The average molecular weight is 293 g/mol. The summed E-state index contributed by atoms with van der Waals surface area (Å²) in [6.07, 6.45) is 0.953. The Kier molecular flexibility index (Phi) is 8.28. The number of hydrogen-bond acceptors (Lipinski definition) is 3. The highest BCUT2D eigenvalue weighted by Crippen LogP contribution is 2.20. The Hall–Kier alpha value is -1.75. The van der Waals surface area contributed by atoms with E-state index in [0.717, 1.165) is 43.4 Å². The lowest BCUT2D eigenvalue weighted by Crippen LogP contribution is -2.38. The third-order valence-electron chi connectivity index (χ3n) is 3.01. The topological polar surface area (TPSA) is 54.9 Å². The number of hydrogen-bond donors (Lipinski definition) is 2. The van der Waals surface area contributed by atoms with Crippen molar-refractivity contribution in [3.8, 4) is 5.75 Å². The van der Waals surface area contributed by atoms with E-state index in [-0.39, 0.29) is 0 Å². The van der Waals surface area contributed by atoms with Crippen molar-refractivity contribution in [1.82, 2.24) is 10.6 Å². The fraction of sp³-hybridized carbons (Fsp3) is 0.562. The Bertz CT molecular complexity index is 447. The first kappa shape index (κ1) is 17.3. The molecule has 0 saturated carbocycles. The second-order valence-corrected chi connectivity index (χ2v) is 4.78. The standard InChI is InChI=1S/C16H27N3O2/c1-5-17-16(18-9-6-10-20-3)19-12-14-8-7-13(2)11-15(14)21-4/h7-8,11H,5-6,9-10,12H2,1-4H3,(H2,17,18,19). The minimum atomic E-state index is 0.586. The number of methoxy groups -OCH3 is 2. The molecule has 0 aromatic heterocycles. The number of nitrogens with zero attached hydrogens (tertiary/aromatic N) is 1. The van der Waals surface area contributed by atoms with Crippen molar-refractivity contribution in [2.24, 2.45) is 4.99 Å². The third kappa shape index (κ3) is 6.49. The molecular weight excluding hydrogens is 266 g/mol. The molecule has 0 amide bonds. The van der Waals surface area contributed by atoms with Crippen molar-refractivity contribution >= 4 is 5.96 Å². The van der Waals surface area contributed by atoms with Gasteiger partial charge in [0.15, 0.2) is 5.96 Å². The van der Waals surface area contributed by atoms with Gasteiger partial charge in [0.05, 0.1) is 13.7 Å². The zero-order valence-corrected chi connectivity index (χ0v) is 13.5. The molecule has 0 bridgehead atoms. The van der Waals surface area contributed by atoms with Crippen LogP contribution in [0.1, 0.15) is 24.5 Å². The smallest absolute Gasteiger partial charge is 0.191 e. The summed E-state index contributed by atoms with van der Waals surface area (Å²) >= 11 is 0. The normalized spacial score (nSPS) is 11.3. The summed E-state index contributed by atoms with van der Waals surface area (Å²) in [7, 11) is 3.40. The highest BCUT2D eigenvalue weighted by Gasteiger charge is 2.03. The van der Waals surface area contributed by atoms with Crippen LogP contribution in [0.5, 0.6) is 5.75 Å². The number of aryl methyl sites for hydroxylation is 1. The molecule has 1 rings (SSSR count). The maximum atomic E-state index is 5.40. The molecule has 118 valence electrons. The van der Waals surface area contributed by atoms with Crippen LogP contribution in [0.2, 0.25) is 0 Å². The molecule has 0 aliphatic carbocycles. The van der Waals surface area contributed by atoms with Crippen LogP contribution in [-0.4, -0.2) is 39.9 Å². The van der Waals surface area contributed by atoms with Crippen molar-refractivity contribution < 1.29 is 9.47 Å². The summed E-state index contributed by atoms with van der Waals surface area (Å²) in [5.41, 5.74) is 2.27. The van der Waals surface area contributed by atoms with Crippen LogP contribution in [0.4, 0.5) is 0 Å². The summed E-state index contributed by atoms with van der Waals surface area (Å²) < 4.78 is 10.4. The van der Waals surface area contributed by atoms with E-state index in [1.54, 1.807) is 14.2 Å². The van der Waals surface area contributed by atoms with E-state index in [1.165, 1.54) is 5.56 Å². The van der Waals surface area contributed by atoms with Crippen LogP contribution in [-0.2, 0) is 11.3 Å². The molecule has 0 unspecified atom stereocenters. The highest BCUT2D eigenvalue weighted by molar-refractivity contribution is 5.79. The predicted octanol–water partition coefficient (Wildman–Crippen LogP) is 2.10. The quantitative estimate of drug-likeness (QED) is 0.438. The number of rotatable bonds is 8. The first-order chi connectivity index (χ1) is 10.2. The Morgan fingerprint density at radius 3 is 2.71 bits per heavy atom. The summed E-state index contributed by atoms with van der Waals surface area (Å²) in [6, 6.07) is 6.17. The molecule has 0 atom stereocenters. The Morgan fingerprint density at radius 1 is 1.24 bits per heavy atom. The molecule has 1 aromatic rings. The van der Waals surface area contributed by atoms with Crippen LogP contribution in [0, 0.1) is 6.92 Å². The average Bonchev–Trinajstić information content (AvgIpc) is 2.49. The predicted molar refractivity (Wildman–Crippen MR) is 87.0 cm³/mol. The lowest BCUT2D eigenvalue weighted by atomic mass is 10.1. The van der Waals surface area contributed by atoms with Gasteiger partial charge in [0.25, 0.3) is 0 Å². The minimum absolute atomic E-state index is 0.586. The van der Waals surface area contributed by atoms with Crippen molar-refractivity contribution in [1.29, 1.82) is 0 Å². The summed E-state index contributed by atoms with van der Waals surface area (Å²) in [4.78, 5) is 4.59. The first-order valence-corrected chi connectivity index (χ1v) is 7.35. The van der Waals surface area contributed by atoms with Crippen LogP contribution in [0.15, 0.2) is 23.2 Å². The highest BCUT2D eigenvalue weighted by atomic mass is 16.5. The molecule has 0 aliphatic heterocycles. The van der Waals surface area contributed by atoms with Crippen LogP contribution >= 0.6 is 0 Å². The van der Waals surface area contributed by atoms with Gasteiger partial charge in [-0.25, -0.2) is 4.99 Å². The van der Waals surface area contributed by atoms with E-state index in [1.807, 2.05) is 6.07 Å². The SMILES string of the molecule is CCNC(=NCc1ccc(C)cc1OC)NCCCOC. The van der Waals surface area contributed by atoms with E-state index in [4.69, 9.17) is 9.47 Å². The molecule has 0 fully saturated rings. The molecule has 5 heteroatoms. The van der Waals surface area contributed by atoms with E-state index in [0.29, 0.717) is 6.54 Å². The lowest BCUT2D eigenvalue weighted by molar-refractivity contribution is 0.195. The first-order valence-electron chi connectivity index (χ1n) is 7.35. The summed E-state index contributed by atoms with van der Waals surface area (Å²) in [5, 5.41) is 6.53. The van der Waals surface area contributed by atoms with Gasteiger partial charge in [-0.15, -0.1) is 0 Å². The second-order valence-electron chi connectivity index (χ2n) is 4.78. The minimum Gasteiger partial charge on any atom is -0.496 e. The van der Waals surface area contributed by atoms with Crippen LogP contribution in [0.3, 0.4) is 0 Å². The number of ether oxygens (including phenoxy) is 2. The Labute approximate surface area is 127 Å². The number of benzene rings is 1. The van der Waals surface area contributed by atoms with Crippen molar-refractivity contribution in [2.75, 3.05) is 33.9 Å². The van der Waals surface area contributed by atoms with Crippen LogP contribution < -0.4 is 15.4 Å². The third-order valence-corrected chi connectivity index (χ3v) is 3.01. The molecular formula is C16H27N3O2. The Morgan fingerprint density at radius 2 is 2.05 bits per heavy atom. The number of guanidine groups is 1. The maximum absolute atomic E-state index is 5.40. The number of aliphatic imine (C=N–C) groups is 1. The molecule has 1 aromatic carbocycles. The number of nitrogens with one attached hydrogen (secondary N) is 2. The largest absolute Gasteiger partial charge is 0.496 e. The van der Waals surface area contributed by atoms with Gasteiger partial charge in [0.1, 0.15) is 5.75 Å². The van der Waals surface area contributed by atoms with Crippen LogP contribution in [0.25, 0.3) is 0 Å². The van der Waals surface area contributed by atoms with Gasteiger partial charge in [0, 0.05) is 32.4 Å². The fourth-order valence-corrected chi connectivity index (χ4v) is 1.91. The second kappa shape index (κ2) is 10.0. The fourth-order valence-electron chi connectivity index (χ4n) is 1.91. The van der Waals surface area contributed by atoms with Gasteiger partial charge in [-0.1, -0.05) is 12.1 Å². The Balaban J connectivity index is 2.64. The summed E-state index contributed by atoms with van der Waals surface area (Å²) in [6.45, 7) is 7.11. The zero-order valence-electron chi connectivity index (χ0n) is 13.5. The maximum Gasteiger partial charge on any atom is 0.191 e. The van der Waals surface area contributed by atoms with E-state index >= 15 is 0 Å². The van der Waals surface area contributed by atoms with Gasteiger partial charge < -0.3 is 20.1 Å². The van der Waals surface area contributed by atoms with Gasteiger partial charge in [-0.05, 0) is 31.9 Å². The van der Waals surface area contributed by atoms with Crippen molar-refractivity contribution in [3.63, 3.8) is 0 Å². The van der Waals surface area contributed by atoms with E-state index < -0.39 is 0 Å². The van der Waals surface area contributed by atoms with Gasteiger partial charge in [-0.2, -0.15) is 0 Å². The molecule has 0 spiro atoms. The zero-order chi connectivity index (χ0) is 15.5. The van der Waals surface area contributed by atoms with Crippen molar-refractivity contribution in [3.05, 3.63) is 29.3 Å². The molecule has 5 nitrogen and oxygen atoms in total. The molecule has 0 saturated heterocycles. The molecule has 0 aliphatic rings. The molecule has 0 heterocycles. The monoisotopic (exact) mass is 293 g/mol. The molecule has 2 N–H and O–H groups in total. The van der Waals surface area contributed by atoms with E-state index in [2.05, 4.69) is 41.6 Å². The van der Waals surface area contributed by atoms with Crippen molar-refractivity contribution in [2.45, 2.75) is 26.8 Å². The van der Waals surface area contributed by atoms with E-state index in [9.17, 15) is 0 Å². The molecule has 0 radical (unpaired) electrons. The van der Waals surface area contributed by atoms with Gasteiger partial charge >= 0.3 is 0 Å². The van der Waals surface area contributed by atoms with Gasteiger partial charge in [-0.3, -0.25) is 0 Å². The van der Waals surface area contributed by atoms with Gasteiger partial charge in [0.2, 0.25) is 0 Å². The summed E-state index contributed by atoms with van der Waals surface area (Å²) in [5.74, 6) is 1.70. The lowest BCUT2D eigenvalue weighted by Gasteiger charge is -2.12.